The molecule has 1 aliphatic rings. The van der Waals surface area contributed by atoms with Crippen LogP contribution in [-0.4, -0.2) is 35.9 Å². The largest absolute Gasteiger partial charge is 0.493 e. The van der Waals surface area contributed by atoms with Gasteiger partial charge in [-0.15, -0.1) is 0 Å². The summed E-state index contributed by atoms with van der Waals surface area (Å²) < 4.78 is 82.5. The SMILES string of the molecule is CC.CC(C)Oc1cccc(NS(=O)(=O)c2ccc3c(c2)OCCC3c2ccc(C(F)(F)F)cc2-c2ccnn2C)n1. The maximum absolute atomic E-state index is 13.6. The molecule has 1 atom stereocenters. The summed E-state index contributed by atoms with van der Waals surface area (Å²) in [5.41, 5.74) is 1.53. The molecule has 1 N–H and O–H groups in total. The van der Waals surface area contributed by atoms with E-state index in [1.165, 1.54) is 35.1 Å². The number of alkyl halides is 3. The summed E-state index contributed by atoms with van der Waals surface area (Å²) in [5, 5.41) is 4.13. The summed E-state index contributed by atoms with van der Waals surface area (Å²) in [5.74, 6) is 0.403. The van der Waals surface area contributed by atoms with Crippen LogP contribution < -0.4 is 14.2 Å². The van der Waals surface area contributed by atoms with Crippen molar-refractivity contribution in [3.8, 4) is 22.9 Å². The molecule has 1 unspecified atom stereocenters. The molecule has 8 nitrogen and oxygen atoms in total. The molecule has 12 heteroatoms. The number of nitrogens with one attached hydrogen (secondary N) is 1. The van der Waals surface area contributed by atoms with Crippen LogP contribution in [0, 0.1) is 0 Å². The number of ether oxygens (including phenoxy) is 2. The molecule has 0 radical (unpaired) electrons. The van der Waals surface area contributed by atoms with Crippen LogP contribution in [0.15, 0.2) is 71.8 Å². The molecule has 1 aliphatic heterocycles. The number of aryl methyl sites for hydroxylation is 1. The smallest absolute Gasteiger partial charge is 0.416 e. The number of rotatable bonds is 7. The highest BCUT2D eigenvalue weighted by Gasteiger charge is 2.34. The fourth-order valence-corrected chi connectivity index (χ4v) is 5.75. The van der Waals surface area contributed by atoms with Gasteiger partial charge in [0.05, 0.1) is 28.9 Å². The monoisotopic (exact) mass is 602 g/mol. The van der Waals surface area contributed by atoms with Crippen LogP contribution in [0.4, 0.5) is 19.0 Å². The number of hydrogen-bond acceptors (Lipinski definition) is 6. The van der Waals surface area contributed by atoms with E-state index in [1.54, 1.807) is 31.3 Å². The van der Waals surface area contributed by atoms with Crippen LogP contribution in [0.5, 0.6) is 11.6 Å². The maximum Gasteiger partial charge on any atom is 0.416 e. The number of pyridine rings is 1. The Labute approximate surface area is 243 Å². The lowest BCUT2D eigenvalue weighted by molar-refractivity contribution is -0.137. The van der Waals surface area contributed by atoms with E-state index >= 15 is 0 Å². The fraction of sp³-hybridized carbons (Fsp3) is 0.333. The van der Waals surface area contributed by atoms with Crippen molar-refractivity contribution in [1.29, 1.82) is 0 Å². The summed E-state index contributed by atoms with van der Waals surface area (Å²) in [7, 11) is -2.36. The predicted molar refractivity (Wildman–Crippen MR) is 154 cm³/mol. The molecule has 0 saturated heterocycles. The molecule has 4 aromatic rings. The number of aromatic nitrogens is 3. The van der Waals surface area contributed by atoms with Gasteiger partial charge in [-0.1, -0.05) is 32.0 Å². The Morgan fingerprint density at radius 2 is 1.79 bits per heavy atom. The topological polar surface area (TPSA) is 95.3 Å². The number of anilines is 1. The van der Waals surface area contributed by atoms with Gasteiger partial charge in [0.25, 0.3) is 10.0 Å². The zero-order valence-electron chi connectivity index (χ0n) is 23.9. The quantitative estimate of drug-likeness (QED) is 0.244. The van der Waals surface area contributed by atoms with E-state index in [0.29, 0.717) is 34.6 Å². The Morgan fingerprint density at radius 1 is 1.05 bits per heavy atom. The van der Waals surface area contributed by atoms with Crippen LogP contribution in [0.2, 0.25) is 0 Å². The molecule has 3 heterocycles. The van der Waals surface area contributed by atoms with E-state index in [2.05, 4.69) is 14.8 Å². The van der Waals surface area contributed by atoms with E-state index in [-0.39, 0.29) is 35.2 Å². The van der Waals surface area contributed by atoms with Crippen LogP contribution in [0.1, 0.15) is 56.7 Å². The maximum atomic E-state index is 13.6. The van der Waals surface area contributed by atoms with Gasteiger partial charge in [-0.05, 0) is 56.2 Å². The Bertz CT molecular complexity index is 1650. The molecule has 0 aliphatic carbocycles. The Hall–Kier alpha value is -4.06. The predicted octanol–water partition coefficient (Wildman–Crippen LogP) is 7.03. The second-order valence-electron chi connectivity index (χ2n) is 9.66. The van der Waals surface area contributed by atoms with Crippen molar-refractivity contribution >= 4 is 15.8 Å². The lowest BCUT2D eigenvalue weighted by atomic mass is 9.83. The number of nitrogens with zero attached hydrogens (tertiary/aromatic N) is 3. The Balaban J connectivity index is 0.00000198. The van der Waals surface area contributed by atoms with Gasteiger partial charge in [-0.3, -0.25) is 9.40 Å². The molecular weight excluding hydrogens is 569 g/mol. The van der Waals surface area contributed by atoms with E-state index in [1.807, 2.05) is 27.7 Å². The lowest BCUT2D eigenvalue weighted by Gasteiger charge is -2.29. The first kappa shape index (κ1) is 30.9. The first-order chi connectivity index (χ1) is 19.9. The molecule has 0 saturated carbocycles. The molecule has 0 fully saturated rings. The number of hydrogen-bond donors (Lipinski definition) is 1. The lowest BCUT2D eigenvalue weighted by Crippen LogP contribution is -2.19. The number of fused-ring (bicyclic) bond motifs is 1. The third-order valence-electron chi connectivity index (χ3n) is 6.51. The molecule has 42 heavy (non-hydrogen) atoms. The Morgan fingerprint density at radius 3 is 2.45 bits per heavy atom. The summed E-state index contributed by atoms with van der Waals surface area (Å²) in [4.78, 5) is 4.16. The number of halogens is 3. The van der Waals surface area contributed by atoms with Gasteiger partial charge in [0.2, 0.25) is 5.88 Å². The molecule has 5 rings (SSSR count). The fourth-order valence-electron chi connectivity index (χ4n) is 4.73. The standard InChI is InChI=1S/C28H27F3N4O4S.C2H6/c1-17(2)39-27-6-4-5-26(33-27)34-40(36,37)19-8-10-22-21(12-14-38-25(22)16-19)20-9-7-18(28(29,30)31)15-23(20)24-11-13-32-35(24)3;1-2/h4-11,13,15-17,21H,12,14H2,1-3H3,(H,33,34);1-2H3. The molecule has 2 aromatic carbocycles. The summed E-state index contributed by atoms with van der Waals surface area (Å²) in [6, 6.07) is 14.6. The van der Waals surface area contributed by atoms with Gasteiger partial charge >= 0.3 is 6.18 Å². The van der Waals surface area contributed by atoms with Crippen LogP contribution in [0.25, 0.3) is 11.3 Å². The molecule has 0 amide bonds. The van der Waals surface area contributed by atoms with Gasteiger partial charge in [-0.25, -0.2) is 8.42 Å². The van der Waals surface area contributed by atoms with Crippen molar-refractivity contribution in [2.75, 3.05) is 11.3 Å². The molecule has 224 valence electrons. The van der Waals surface area contributed by atoms with Crippen molar-refractivity contribution in [1.82, 2.24) is 14.8 Å². The summed E-state index contributed by atoms with van der Waals surface area (Å²) in [6.07, 6.45) is -2.61. The van der Waals surface area contributed by atoms with Gasteiger partial charge in [0.1, 0.15) is 11.6 Å². The highest BCUT2D eigenvalue weighted by atomic mass is 32.2. The molecule has 0 bridgehead atoms. The third-order valence-corrected chi connectivity index (χ3v) is 7.86. The van der Waals surface area contributed by atoms with E-state index in [9.17, 15) is 21.6 Å². The minimum atomic E-state index is -4.51. The summed E-state index contributed by atoms with van der Waals surface area (Å²) >= 11 is 0. The normalized spacial score (nSPS) is 14.8. The van der Waals surface area contributed by atoms with E-state index < -0.39 is 21.8 Å². The van der Waals surface area contributed by atoms with Gasteiger partial charge < -0.3 is 9.47 Å². The first-order valence-corrected chi connectivity index (χ1v) is 15.0. The van der Waals surface area contributed by atoms with Crippen molar-refractivity contribution in [3.05, 3.63) is 83.6 Å². The van der Waals surface area contributed by atoms with E-state index in [0.717, 1.165) is 12.1 Å². The Kier molecular flexibility index (Phi) is 9.15. The van der Waals surface area contributed by atoms with Crippen molar-refractivity contribution < 1.29 is 31.1 Å². The highest BCUT2D eigenvalue weighted by Crippen LogP contribution is 2.44. The first-order valence-electron chi connectivity index (χ1n) is 13.5. The van der Waals surface area contributed by atoms with Crippen molar-refractivity contribution in [3.63, 3.8) is 0 Å². The zero-order valence-corrected chi connectivity index (χ0v) is 24.8. The van der Waals surface area contributed by atoms with Gasteiger partial charge in [0, 0.05) is 42.4 Å². The second-order valence-corrected chi connectivity index (χ2v) is 11.3. The summed E-state index contributed by atoms with van der Waals surface area (Å²) in [6.45, 7) is 7.93. The van der Waals surface area contributed by atoms with Crippen molar-refractivity contribution in [2.45, 2.75) is 57.2 Å². The molecular formula is C30H33F3N4O4S. The highest BCUT2D eigenvalue weighted by molar-refractivity contribution is 7.92. The van der Waals surface area contributed by atoms with Gasteiger partial charge in [0.15, 0.2) is 0 Å². The average molecular weight is 603 g/mol. The van der Waals surface area contributed by atoms with Crippen molar-refractivity contribution in [2.24, 2.45) is 7.05 Å². The van der Waals surface area contributed by atoms with Crippen LogP contribution in [0.3, 0.4) is 0 Å². The third kappa shape index (κ3) is 6.70. The second kappa shape index (κ2) is 12.4. The zero-order chi connectivity index (χ0) is 30.7. The molecule has 2 aromatic heterocycles. The minimum Gasteiger partial charge on any atom is -0.493 e. The van der Waals surface area contributed by atoms with E-state index in [4.69, 9.17) is 9.47 Å². The number of sulfonamides is 1. The molecule has 0 spiro atoms. The van der Waals surface area contributed by atoms with Crippen LogP contribution in [-0.2, 0) is 23.2 Å². The van der Waals surface area contributed by atoms with Gasteiger partial charge in [-0.2, -0.15) is 23.3 Å². The average Bonchev–Trinajstić information content (AvgIpc) is 3.38. The van der Waals surface area contributed by atoms with Crippen LogP contribution >= 0.6 is 0 Å². The number of benzene rings is 2. The minimum absolute atomic E-state index is 0.0387.